The van der Waals surface area contributed by atoms with Gasteiger partial charge in [0.2, 0.25) is 11.8 Å². The minimum atomic E-state index is -0.365. The van der Waals surface area contributed by atoms with E-state index in [2.05, 4.69) is 0 Å². The van der Waals surface area contributed by atoms with E-state index in [4.69, 9.17) is 9.47 Å². The van der Waals surface area contributed by atoms with Crippen molar-refractivity contribution < 1.29 is 23.5 Å². The van der Waals surface area contributed by atoms with Gasteiger partial charge in [-0.05, 0) is 47.9 Å². The van der Waals surface area contributed by atoms with Crippen LogP contribution in [0.1, 0.15) is 43.2 Å². The molecule has 1 aromatic carbocycles. The number of halogens is 1. The van der Waals surface area contributed by atoms with Crippen LogP contribution >= 0.6 is 11.3 Å². The van der Waals surface area contributed by atoms with Gasteiger partial charge in [-0.3, -0.25) is 9.59 Å². The van der Waals surface area contributed by atoms with Gasteiger partial charge in [-0.15, -0.1) is 11.3 Å². The molecule has 0 radical (unpaired) electrons. The molecular formula is C25H33FN2O4S. The third-order valence-corrected chi connectivity index (χ3v) is 6.65. The van der Waals surface area contributed by atoms with Gasteiger partial charge >= 0.3 is 0 Å². The molecule has 0 saturated carbocycles. The highest BCUT2D eigenvalue weighted by Gasteiger charge is 2.33. The van der Waals surface area contributed by atoms with Gasteiger partial charge in [0.05, 0.1) is 12.6 Å². The molecule has 1 aromatic heterocycles. The maximum atomic E-state index is 13.6. The molecule has 8 heteroatoms. The minimum absolute atomic E-state index is 0.0183. The molecule has 0 fully saturated rings. The number of hydrogen-bond acceptors (Lipinski definition) is 5. The topological polar surface area (TPSA) is 59.1 Å². The molecule has 0 bridgehead atoms. The molecule has 0 N–H and O–H groups in total. The highest BCUT2D eigenvalue weighted by molar-refractivity contribution is 7.10. The molecule has 1 aliphatic rings. The normalized spacial score (nSPS) is 15.4. The number of nitrogens with zero attached hydrogens (tertiary/aromatic N) is 2. The van der Waals surface area contributed by atoms with Crippen molar-refractivity contribution in [3.8, 4) is 5.75 Å². The Hall–Kier alpha value is -2.45. The lowest BCUT2D eigenvalue weighted by molar-refractivity contribution is -0.143. The van der Waals surface area contributed by atoms with Crippen LogP contribution in [0.25, 0.3) is 0 Å². The summed E-state index contributed by atoms with van der Waals surface area (Å²) in [5.41, 5.74) is 1.07. The maximum absolute atomic E-state index is 13.6. The second-order valence-corrected chi connectivity index (χ2v) is 9.68. The van der Waals surface area contributed by atoms with E-state index in [9.17, 15) is 14.0 Å². The smallest absolute Gasteiger partial charge is 0.242 e. The molecule has 6 nitrogen and oxygen atoms in total. The first-order valence-electron chi connectivity index (χ1n) is 11.4. The predicted octanol–water partition coefficient (Wildman–Crippen LogP) is 4.30. The van der Waals surface area contributed by atoms with E-state index in [1.807, 2.05) is 25.3 Å². The van der Waals surface area contributed by atoms with Crippen molar-refractivity contribution in [3.05, 3.63) is 52.0 Å². The number of hydrogen-bond donors (Lipinski definition) is 0. The van der Waals surface area contributed by atoms with E-state index in [0.717, 1.165) is 12.0 Å². The Balaban J connectivity index is 1.74. The first kappa shape index (κ1) is 25.2. The molecule has 2 heterocycles. The fourth-order valence-electron chi connectivity index (χ4n) is 4.03. The number of ether oxygens (including phenoxy) is 2. The minimum Gasteiger partial charge on any atom is -0.491 e. The van der Waals surface area contributed by atoms with Crippen LogP contribution in [-0.4, -0.2) is 61.6 Å². The summed E-state index contributed by atoms with van der Waals surface area (Å²) >= 11 is 1.67. The molecular weight excluding hydrogens is 443 g/mol. The van der Waals surface area contributed by atoms with Crippen molar-refractivity contribution in [1.82, 2.24) is 9.80 Å². The fourth-order valence-corrected chi connectivity index (χ4v) is 4.96. The summed E-state index contributed by atoms with van der Waals surface area (Å²) in [6, 6.07) is 7.76. The van der Waals surface area contributed by atoms with Gasteiger partial charge in [0.1, 0.15) is 18.2 Å². The van der Waals surface area contributed by atoms with Crippen molar-refractivity contribution in [2.75, 3.05) is 40.0 Å². The molecule has 2 aromatic rings. The highest BCUT2D eigenvalue weighted by atomic mass is 32.1. The first-order chi connectivity index (χ1) is 15.9. The summed E-state index contributed by atoms with van der Waals surface area (Å²) in [7, 11) is 1.63. The van der Waals surface area contributed by atoms with Crippen LogP contribution in [0.3, 0.4) is 0 Å². The number of rotatable bonds is 11. The van der Waals surface area contributed by atoms with Crippen molar-refractivity contribution >= 4 is 23.2 Å². The zero-order valence-electron chi connectivity index (χ0n) is 19.6. The van der Waals surface area contributed by atoms with Gasteiger partial charge in [-0.25, -0.2) is 4.39 Å². The van der Waals surface area contributed by atoms with Crippen molar-refractivity contribution in [2.24, 2.45) is 5.92 Å². The molecule has 0 unspecified atom stereocenters. The summed E-state index contributed by atoms with van der Waals surface area (Å²) in [4.78, 5) is 30.9. The quantitative estimate of drug-likeness (QED) is 0.454. The van der Waals surface area contributed by atoms with Gasteiger partial charge in [0, 0.05) is 44.2 Å². The van der Waals surface area contributed by atoms with Crippen LogP contribution in [0.4, 0.5) is 4.39 Å². The van der Waals surface area contributed by atoms with Gasteiger partial charge in [-0.2, -0.15) is 0 Å². The number of carbonyl (C=O) groups is 2. The molecule has 33 heavy (non-hydrogen) atoms. The van der Waals surface area contributed by atoms with Crippen molar-refractivity contribution in [2.45, 2.75) is 39.2 Å². The summed E-state index contributed by atoms with van der Waals surface area (Å²) in [5.74, 6) is 0.159. The summed E-state index contributed by atoms with van der Waals surface area (Å²) in [6.07, 6.45) is 1.86. The largest absolute Gasteiger partial charge is 0.491 e. The molecule has 0 spiro atoms. The van der Waals surface area contributed by atoms with Gasteiger partial charge in [0.15, 0.2) is 0 Å². The third-order valence-electron chi connectivity index (χ3n) is 5.66. The van der Waals surface area contributed by atoms with Crippen LogP contribution in [0, 0.1) is 11.7 Å². The van der Waals surface area contributed by atoms with E-state index in [1.165, 1.54) is 17.0 Å². The lowest BCUT2D eigenvalue weighted by atomic mass is 10.00. The molecule has 3 rings (SSSR count). The predicted molar refractivity (Wildman–Crippen MR) is 127 cm³/mol. The molecule has 2 amide bonds. The first-order valence-corrected chi connectivity index (χ1v) is 12.3. The Morgan fingerprint density at radius 3 is 2.85 bits per heavy atom. The number of benzene rings is 1. The number of methoxy groups -OCH3 is 1. The number of thiophene rings is 1. The number of amides is 2. The Bertz CT molecular complexity index is 933. The van der Waals surface area contributed by atoms with E-state index >= 15 is 0 Å². The second kappa shape index (κ2) is 12.1. The van der Waals surface area contributed by atoms with Crippen molar-refractivity contribution in [1.29, 1.82) is 0 Å². The number of carbonyl (C=O) groups excluding carboxylic acids is 2. The molecule has 180 valence electrons. The van der Waals surface area contributed by atoms with Crippen LogP contribution in [-0.2, 0) is 20.7 Å². The van der Waals surface area contributed by atoms with Gasteiger partial charge in [0.25, 0.3) is 0 Å². The zero-order valence-corrected chi connectivity index (χ0v) is 20.4. The Morgan fingerprint density at radius 2 is 2.12 bits per heavy atom. The van der Waals surface area contributed by atoms with Gasteiger partial charge in [-0.1, -0.05) is 19.9 Å². The van der Waals surface area contributed by atoms with Gasteiger partial charge < -0.3 is 19.3 Å². The Kier molecular flexibility index (Phi) is 9.26. The molecule has 1 atom stereocenters. The maximum Gasteiger partial charge on any atom is 0.242 e. The zero-order chi connectivity index (χ0) is 23.8. The van der Waals surface area contributed by atoms with Crippen LogP contribution in [0.5, 0.6) is 5.75 Å². The average Bonchev–Trinajstić information content (AvgIpc) is 3.25. The molecule has 0 saturated heterocycles. The highest BCUT2D eigenvalue weighted by Crippen LogP contribution is 2.34. The third kappa shape index (κ3) is 7.01. The lowest BCUT2D eigenvalue weighted by Gasteiger charge is -2.37. The van der Waals surface area contributed by atoms with Crippen LogP contribution < -0.4 is 4.74 Å². The number of fused-ring (bicyclic) bond motifs is 1. The second-order valence-electron chi connectivity index (χ2n) is 8.68. The Morgan fingerprint density at radius 1 is 1.30 bits per heavy atom. The SMILES string of the molecule is COCCCN(CC(=O)N1CCc2sccc2[C@@H]1COc1cccc(F)c1)C(=O)CC(C)C. The summed E-state index contributed by atoms with van der Waals surface area (Å²) in [5, 5.41) is 2.02. The van der Waals surface area contributed by atoms with Crippen LogP contribution in [0.2, 0.25) is 0 Å². The van der Waals surface area contributed by atoms with Crippen LogP contribution in [0.15, 0.2) is 35.7 Å². The molecule has 0 aliphatic carbocycles. The monoisotopic (exact) mass is 476 g/mol. The average molecular weight is 477 g/mol. The van der Waals surface area contributed by atoms with E-state index < -0.39 is 0 Å². The lowest BCUT2D eigenvalue weighted by Crippen LogP contribution is -2.48. The van der Waals surface area contributed by atoms with Crippen molar-refractivity contribution in [3.63, 3.8) is 0 Å². The fraction of sp³-hybridized carbons (Fsp3) is 0.520. The molecule has 1 aliphatic heterocycles. The Labute approximate surface area is 199 Å². The summed E-state index contributed by atoms with van der Waals surface area (Å²) in [6.45, 7) is 5.82. The van der Waals surface area contributed by atoms with E-state index in [0.29, 0.717) is 38.3 Å². The van der Waals surface area contributed by atoms with E-state index in [1.54, 1.807) is 40.4 Å². The standard InChI is InChI=1S/C25H33FN2O4S/c1-18(2)14-24(29)27(10-5-12-31-3)16-25(30)28-11-8-23-21(9-13-33-23)22(28)17-32-20-7-4-6-19(26)15-20/h4,6-7,9,13,15,18,22H,5,8,10-12,14,16-17H2,1-3H3/t22-/m0/s1. The van der Waals surface area contributed by atoms with E-state index in [-0.39, 0.29) is 42.7 Å². The summed E-state index contributed by atoms with van der Waals surface area (Å²) < 4.78 is 24.6.